The minimum Gasteiger partial charge on any atom is -0.490 e. The highest BCUT2D eigenvalue weighted by Gasteiger charge is 2.23. The van der Waals surface area contributed by atoms with Gasteiger partial charge in [0.05, 0.1) is 18.9 Å². The zero-order chi connectivity index (χ0) is 25.7. The topological polar surface area (TPSA) is 79.8 Å². The Labute approximate surface area is 213 Å². The quantitative estimate of drug-likeness (QED) is 0.490. The van der Waals surface area contributed by atoms with Crippen molar-refractivity contribution in [3.05, 3.63) is 59.2 Å². The van der Waals surface area contributed by atoms with Crippen LogP contribution < -0.4 is 19.7 Å². The molecule has 190 valence electrons. The maximum absolute atomic E-state index is 12.9. The lowest BCUT2D eigenvalue weighted by molar-refractivity contribution is 0.208. The van der Waals surface area contributed by atoms with Crippen molar-refractivity contribution in [2.45, 2.75) is 34.6 Å². The van der Waals surface area contributed by atoms with Crippen LogP contribution in [0.3, 0.4) is 0 Å². The van der Waals surface area contributed by atoms with E-state index in [0.717, 1.165) is 17.1 Å². The molecule has 1 N–H and O–H groups in total. The molecule has 1 aliphatic heterocycles. The second-order valence-corrected chi connectivity index (χ2v) is 8.96. The molecule has 0 radical (unpaired) electrons. The van der Waals surface area contributed by atoms with Crippen molar-refractivity contribution in [1.29, 1.82) is 0 Å². The maximum atomic E-state index is 12.9. The number of carbonyl (C=O) groups is 1. The van der Waals surface area contributed by atoms with E-state index in [0.29, 0.717) is 56.6 Å². The Hall–Kier alpha value is -3.81. The number of hydrogen-bond acceptors (Lipinski definition) is 6. The van der Waals surface area contributed by atoms with Gasteiger partial charge in [-0.15, -0.1) is 10.2 Å². The van der Waals surface area contributed by atoms with Crippen LogP contribution >= 0.6 is 0 Å². The van der Waals surface area contributed by atoms with E-state index < -0.39 is 0 Å². The van der Waals surface area contributed by atoms with Gasteiger partial charge in [0.2, 0.25) is 0 Å². The van der Waals surface area contributed by atoms with E-state index in [1.54, 1.807) is 6.07 Å². The van der Waals surface area contributed by atoms with E-state index in [1.165, 1.54) is 16.7 Å². The van der Waals surface area contributed by atoms with E-state index >= 15 is 0 Å². The highest BCUT2D eigenvalue weighted by molar-refractivity contribution is 5.90. The third-order valence-electron chi connectivity index (χ3n) is 6.45. The van der Waals surface area contributed by atoms with Crippen LogP contribution in [0.4, 0.5) is 16.3 Å². The zero-order valence-electron chi connectivity index (χ0n) is 21.8. The second kappa shape index (κ2) is 11.3. The smallest absolute Gasteiger partial charge is 0.321 e. The van der Waals surface area contributed by atoms with Gasteiger partial charge < -0.3 is 24.6 Å². The predicted octanol–water partition coefficient (Wildman–Crippen LogP) is 5.22. The molecular formula is C28H35N5O3. The normalized spacial score (nSPS) is 13.5. The largest absolute Gasteiger partial charge is 0.490 e. The minimum absolute atomic E-state index is 0.132. The average molecular weight is 490 g/mol. The molecular weight excluding hydrogens is 454 g/mol. The number of ether oxygens (including phenoxy) is 2. The van der Waals surface area contributed by atoms with Gasteiger partial charge in [0, 0.05) is 43.5 Å². The van der Waals surface area contributed by atoms with Crippen molar-refractivity contribution in [3.63, 3.8) is 0 Å². The molecule has 0 bridgehead atoms. The summed E-state index contributed by atoms with van der Waals surface area (Å²) in [6.45, 7) is 13.8. The Morgan fingerprint density at radius 1 is 0.833 bits per heavy atom. The number of benzene rings is 2. The fourth-order valence-electron chi connectivity index (χ4n) is 4.34. The van der Waals surface area contributed by atoms with Crippen LogP contribution in [0, 0.1) is 20.8 Å². The van der Waals surface area contributed by atoms with Crippen LogP contribution in [0.2, 0.25) is 0 Å². The summed E-state index contributed by atoms with van der Waals surface area (Å²) in [5.74, 6) is 2.12. The van der Waals surface area contributed by atoms with Crippen molar-refractivity contribution in [1.82, 2.24) is 15.1 Å². The fraction of sp³-hybridized carbons (Fsp3) is 0.393. The van der Waals surface area contributed by atoms with Gasteiger partial charge in [0.1, 0.15) is 0 Å². The SMILES string of the molecule is CCOc1ccc(NC(=O)N2CCN(c3ccc(-c4cc(C)c(C)cc4C)nn3)CC2)cc1OCC. The number of aryl methyl sites for hydroxylation is 3. The van der Waals surface area contributed by atoms with Gasteiger partial charge in [-0.3, -0.25) is 0 Å². The number of urea groups is 1. The van der Waals surface area contributed by atoms with Crippen LogP contribution in [0.15, 0.2) is 42.5 Å². The van der Waals surface area contributed by atoms with Gasteiger partial charge in [0.25, 0.3) is 0 Å². The third kappa shape index (κ3) is 5.70. The molecule has 2 heterocycles. The van der Waals surface area contributed by atoms with Crippen LogP contribution in [-0.4, -0.2) is 60.5 Å². The van der Waals surface area contributed by atoms with E-state index in [-0.39, 0.29) is 6.03 Å². The first kappa shape index (κ1) is 25.3. The monoisotopic (exact) mass is 489 g/mol. The third-order valence-corrected chi connectivity index (χ3v) is 6.45. The van der Waals surface area contributed by atoms with Crippen molar-refractivity contribution in [2.24, 2.45) is 0 Å². The molecule has 0 saturated carbocycles. The first-order valence-corrected chi connectivity index (χ1v) is 12.5. The van der Waals surface area contributed by atoms with Crippen LogP contribution in [0.5, 0.6) is 11.5 Å². The van der Waals surface area contributed by atoms with Gasteiger partial charge in [-0.2, -0.15) is 0 Å². The lowest BCUT2D eigenvalue weighted by Gasteiger charge is -2.35. The zero-order valence-corrected chi connectivity index (χ0v) is 21.8. The lowest BCUT2D eigenvalue weighted by atomic mass is 9.99. The number of hydrogen-bond donors (Lipinski definition) is 1. The Morgan fingerprint density at radius 2 is 1.53 bits per heavy atom. The van der Waals surface area contributed by atoms with E-state index in [9.17, 15) is 4.79 Å². The molecule has 3 aromatic rings. The maximum Gasteiger partial charge on any atom is 0.321 e. The average Bonchev–Trinajstić information content (AvgIpc) is 2.88. The summed E-state index contributed by atoms with van der Waals surface area (Å²) < 4.78 is 11.3. The van der Waals surface area contributed by atoms with Crippen LogP contribution in [0.1, 0.15) is 30.5 Å². The molecule has 2 aromatic carbocycles. The minimum atomic E-state index is -0.132. The molecule has 0 aliphatic carbocycles. The van der Waals surface area contributed by atoms with Gasteiger partial charge in [0.15, 0.2) is 17.3 Å². The summed E-state index contributed by atoms with van der Waals surface area (Å²) in [5.41, 5.74) is 6.38. The lowest BCUT2D eigenvalue weighted by Crippen LogP contribution is -2.50. The molecule has 0 spiro atoms. The molecule has 1 aromatic heterocycles. The Bertz CT molecular complexity index is 1200. The van der Waals surface area contributed by atoms with Crippen molar-refractivity contribution >= 4 is 17.5 Å². The molecule has 1 fully saturated rings. The molecule has 0 atom stereocenters. The van der Waals surface area contributed by atoms with Crippen molar-refractivity contribution in [2.75, 3.05) is 49.6 Å². The number of nitrogens with zero attached hydrogens (tertiary/aromatic N) is 4. The highest BCUT2D eigenvalue weighted by Crippen LogP contribution is 2.31. The molecule has 4 rings (SSSR count). The summed E-state index contributed by atoms with van der Waals surface area (Å²) >= 11 is 0. The van der Waals surface area contributed by atoms with E-state index in [1.807, 2.05) is 43.0 Å². The molecule has 36 heavy (non-hydrogen) atoms. The van der Waals surface area contributed by atoms with E-state index in [2.05, 4.69) is 53.3 Å². The number of carbonyl (C=O) groups excluding carboxylic acids is 1. The van der Waals surface area contributed by atoms with E-state index in [4.69, 9.17) is 9.47 Å². The van der Waals surface area contributed by atoms with Gasteiger partial charge in [-0.25, -0.2) is 4.79 Å². The molecule has 8 nitrogen and oxygen atoms in total. The summed E-state index contributed by atoms with van der Waals surface area (Å²) in [6.07, 6.45) is 0. The number of anilines is 2. The predicted molar refractivity (Wildman–Crippen MR) is 143 cm³/mol. The number of rotatable bonds is 7. The Kier molecular flexibility index (Phi) is 7.93. The first-order chi connectivity index (χ1) is 17.4. The number of nitrogens with one attached hydrogen (secondary N) is 1. The summed E-state index contributed by atoms with van der Waals surface area (Å²) in [4.78, 5) is 16.8. The first-order valence-electron chi connectivity index (χ1n) is 12.5. The van der Waals surface area contributed by atoms with Gasteiger partial charge >= 0.3 is 6.03 Å². The molecule has 0 unspecified atom stereocenters. The summed E-state index contributed by atoms with van der Waals surface area (Å²) in [5, 5.41) is 12.0. The number of piperazine rings is 1. The summed E-state index contributed by atoms with van der Waals surface area (Å²) in [7, 11) is 0. The highest BCUT2D eigenvalue weighted by atomic mass is 16.5. The van der Waals surface area contributed by atoms with Gasteiger partial charge in [-0.1, -0.05) is 6.07 Å². The second-order valence-electron chi connectivity index (χ2n) is 8.96. The number of aromatic nitrogens is 2. The molecule has 8 heteroatoms. The van der Waals surface area contributed by atoms with Crippen LogP contribution in [-0.2, 0) is 0 Å². The van der Waals surface area contributed by atoms with Crippen molar-refractivity contribution < 1.29 is 14.3 Å². The molecule has 1 aliphatic rings. The Balaban J connectivity index is 1.35. The standard InChI is InChI=1S/C28H35N5O3/c1-6-35-25-10-8-22(18-26(25)36-7-2)29-28(34)33-14-12-32(13-15-33)27-11-9-24(30-31-27)23-17-20(4)19(3)16-21(23)5/h8-11,16-18H,6-7,12-15H2,1-5H3,(H,29,34). The Morgan fingerprint density at radius 3 is 2.19 bits per heavy atom. The number of amides is 2. The fourth-order valence-corrected chi connectivity index (χ4v) is 4.34. The van der Waals surface area contributed by atoms with Crippen molar-refractivity contribution in [3.8, 4) is 22.8 Å². The summed E-state index contributed by atoms with van der Waals surface area (Å²) in [6, 6.07) is 13.7. The molecule has 2 amide bonds. The van der Waals surface area contributed by atoms with Crippen LogP contribution in [0.25, 0.3) is 11.3 Å². The van der Waals surface area contributed by atoms with Gasteiger partial charge in [-0.05, 0) is 81.6 Å². The molecule has 1 saturated heterocycles.